The van der Waals surface area contributed by atoms with Gasteiger partial charge >= 0.3 is 23.9 Å². The van der Waals surface area contributed by atoms with Crippen molar-refractivity contribution >= 4 is 23.9 Å². The first-order chi connectivity index (χ1) is 19.3. The van der Waals surface area contributed by atoms with E-state index in [0.29, 0.717) is 32.6 Å². The lowest BCUT2D eigenvalue weighted by molar-refractivity contribution is -0.166. The first kappa shape index (κ1) is 38.8. The summed E-state index contributed by atoms with van der Waals surface area (Å²) in [5, 5.41) is 0. The molecule has 0 saturated carbocycles. The van der Waals surface area contributed by atoms with E-state index in [9.17, 15) is 19.2 Å². The predicted molar refractivity (Wildman–Crippen MR) is 165 cm³/mol. The zero-order chi connectivity index (χ0) is 33.4. The van der Waals surface area contributed by atoms with Crippen LogP contribution in [0.1, 0.15) is 103 Å². The minimum Gasteiger partial charge on any atom is -0.459 e. The van der Waals surface area contributed by atoms with Gasteiger partial charge in [-0.2, -0.15) is 0 Å². The number of rotatable bonds is 11. The maximum atomic E-state index is 13.3. The zero-order valence-electron chi connectivity index (χ0n) is 29.2. The molecule has 0 unspecified atom stereocenters. The molecule has 1 aliphatic rings. The number of ether oxygens (including phenoxy) is 4. The fourth-order valence-electron chi connectivity index (χ4n) is 5.14. The van der Waals surface area contributed by atoms with Gasteiger partial charge in [0.2, 0.25) is 0 Å². The molecule has 11 heteroatoms. The van der Waals surface area contributed by atoms with Crippen molar-refractivity contribution in [1.82, 2.24) is 14.7 Å². The van der Waals surface area contributed by atoms with Crippen LogP contribution in [0.15, 0.2) is 0 Å². The molecule has 0 aromatic heterocycles. The van der Waals surface area contributed by atoms with Crippen molar-refractivity contribution in [3.05, 3.63) is 0 Å². The lowest BCUT2D eigenvalue weighted by Crippen LogP contribution is -2.62. The highest BCUT2D eigenvalue weighted by Crippen LogP contribution is 2.29. The Bertz CT molecular complexity index is 884. The first-order valence-electron chi connectivity index (χ1n) is 15.4. The van der Waals surface area contributed by atoms with Crippen molar-refractivity contribution in [2.24, 2.45) is 0 Å². The van der Waals surface area contributed by atoms with Crippen LogP contribution in [0.5, 0.6) is 0 Å². The van der Waals surface area contributed by atoms with E-state index in [0.717, 1.165) is 6.42 Å². The fraction of sp³-hybridized carbons (Fsp3) is 0.875. The molecule has 0 aliphatic carbocycles. The van der Waals surface area contributed by atoms with Gasteiger partial charge in [0.1, 0.15) is 22.4 Å². The number of esters is 4. The van der Waals surface area contributed by atoms with Gasteiger partial charge in [-0.25, -0.2) is 0 Å². The SMILES string of the molecule is CCCC1(N(CC(=O)OC(C)(C)C)CC(=O)OC(C)(C)C)CN(CC(=O)OC(C)(C)C)CCN(CC(=O)OC(C)(C)C)C1. The summed E-state index contributed by atoms with van der Waals surface area (Å²) in [5.74, 6) is -1.70. The highest BCUT2D eigenvalue weighted by Gasteiger charge is 2.44. The van der Waals surface area contributed by atoms with Gasteiger partial charge < -0.3 is 18.9 Å². The number of carbonyl (C=O) groups excluding carboxylic acids is 4. The van der Waals surface area contributed by atoms with E-state index in [1.807, 2.05) is 63.2 Å². The van der Waals surface area contributed by atoms with Crippen LogP contribution in [0.4, 0.5) is 0 Å². The molecule has 1 rings (SSSR count). The zero-order valence-corrected chi connectivity index (χ0v) is 29.2. The average molecular weight is 614 g/mol. The molecule has 0 amide bonds. The molecule has 43 heavy (non-hydrogen) atoms. The summed E-state index contributed by atoms with van der Waals surface area (Å²) in [4.78, 5) is 58.2. The van der Waals surface area contributed by atoms with Crippen LogP contribution in [0.3, 0.4) is 0 Å². The molecule has 0 spiro atoms. The minimum absolute atomic E-state index is 0.0235. The van der Waals surface area contributed by atoms with E-state index >= 15 is 0 Å². The molecule has 1 aliphatic heterocycles. The van der Waals surface area contributed by atoms with E-state index < -0.39 is 39.9 Å². The Labute approximate surface area is 259 Å². The van der Waals surface area contributed by atoms with Gasteiger partial charge in [0.25, 0.3) is 0 Å². The second kappa shape index (κ2) is 15.2. The maximum Gasteiger partial charge on any atom is 0.320 e. The highest BCUT2D eigenvalue weighted by atomic mass is 16.6. The highest BCUT2D eigenvalue weighted by molar-refractivity contribution is 5.76. The molecule has 0 aromatic rings. The topological polar surface area (TPSA) is 115 Å². The molecule has 11 nitrogen and oxygen atoms in total. The molecule has 0 atom stereocenters. The molecule has 0 N–H and O–H groups in total. The van der Waals surface area contributed by atoms with Crippen LogP contribution in [-0.4, -0.2) is 119 Å². The van der Waals surface area contributed by atoms with E-state index in [1.165, 1.54) is 0 Å². The lowest BCUT2D eigenvalue weighted by atomic mass is 9.89. The van der Waals surface area contributed by atoms with Crippen molar-refractivity contribution in [3.8, 4) is 0 Å². The first-order valence-corrected chi connectivity index (χ1v) is 15.4. The van der Waals surface area contributed by atoms with Crippen molar-refractivity contribution in [2.75, 3.05) is 52.4 Å². The molecule has 250 valence electrons. The molecule has 1 fully saturated rings. The van der Waals surface area contributed by atoms with Gasteiger partial charge in [-0.1, -0.05) is 13.3 Å². The Balaban J connectivity index is 3.59. The van der Waals surface area contributed by atoms with Gasteiger partial charge in [-0.05, 0) is 89.5 Å². The van der Waals surface area contributed by atoms with E-state index in [2.05, 4.69) is 0 Å². The summed E-state index contributed by atoms with van der Waals surface area (Å²) in [6.45, 7) is 25.1. The van der Waals surface area contributed by atoms with Crippen molar-refractivity contribution in [2.45, 2.75) is 131 Å². The van der Waals surface area contributed by atoms with Crippen LogP contribution >= 0.6 is 0 Å². The standard InChI is InChI=1S/C32H59N3O8/c1-14-15-32(35(20-26(38)42-30(8,9)10)21-27(39)43-31(11,12)13)22-33(18-24(36)40-28(2,3)4)16-17-34(23-32)19-25(37)41-29(5,6)7/h14-23H2,1-13H3. The number of carbonyl (C=O) groups is 4. The Kier molecular flexibility index (Phi) is 13.7. The largest absolute Gasteiger partial charge is 0.459 e. The molecule has 0 radical (unpaired) electrons. The Morgan fingerprint density at radius 2 is 0.884 bits per heavy atom. The number of hydrogen-bond acceptors (Lipinski definition) is 11. The van der Waals surface area contributed by atoms with Crippen LogP contribution in [0.2, 0.25) is 0 Å². The third-order valence-corrected chi connectivity index (χ3v) is 6.18. The fourth-order valence-corrected chi connectivity index (χ4v) is 5.14. The van der Waals surface area contributed by atoms with Crippen LogP contribution < -0.4 is 0 Å². The van der Waals surface area contributed by atoms with Crippen molar-refractivity contribution in [3.63, 3.8) is 0 Å². The lowest BCUT2D eigenvalue weighted by Gasteiger charge is -2.46. The molecule has 1 saturated heterocycles. The van der Waals surface area contributed by atoms with Gasteiger partial charge in [0.15, 0.2) is 0 Å². The summed E-state index contributed by atoms with van der Waals surface area (Å²) in [5.41, 5.74) is -3.55. The normalized spacial score (nSPS) is 17.3. The predicted octanol–water partition coefficient (Wildman–Crippen LogP) is 3.81. The average Bonchev–Trinajstić information content (AvgIpc) is 2.87. The Hall–Kier alpha value is -2.24. The van der Waals surface area contributed by atoms with Crippen molar-refractivity contribution < 1.29 is 38.1 Å². The molecular formula is C32H59N3O8. The summed E-state index contributed by atoms with van der Waals surface area (Å²) < 4.78 is 22.6. The summed E-state index contributed by atoms with van der Waals surface area (Å²) in [7, 11) is 0. The number of nitrogens with zero attached hydrogens (tertiary/aromatic N) is 3. The second-order valence-corrected chi connectivity index (χ2v) is 15.6. The van der Waals surface area contributed by atoms with Crippen LogP contribution in [0, 0.1) is 0 Å². The smallest absolute Gasteiger partial charge is 0.320 e. The summed E-state index contributed by atoms with van der Waals surface area (Å²) in [6.07, 6.45) is 1.30. The quantitative estimate of drug-likeness (QED) is 0.250. The van der Waals surface area contributed by atoms with Crippen LogP contribution in [-0.2, 0) is 38.1 Å². The summed E-state index contributed by atoms with van der Waals surface area (Å²) in [6, 6.07) is 0. The minimum atomic E-state index is -0.816. The molecular weight excluding hydrogens is 554 g/mol. The summed E-state index contributed by atoms with van der Waals surface area (Å²) >= 11 is 0. The second-order valence-electron chi connectivity index (χ2n) is 15.6. The number of hydrogen-bond donors (Lipinski definition) is 0. The molecule has 0 aromatic carbocycles. The molecule has 0 bridgehead atoms. The third-order valence-electron chi connectivity index (χ3n) is 6.18. The Morgan fingerprint density at radius 3 is 1.16 bits per heavy atom. The van der Waals surface area contributed by atoms with Gasteiger partial charge in [0.05, 0.1) is 26.2 Å². The van der Waals surface area contributed by atoms with Gasteiger partial charge in [-0.3, -0.25) is 33.9 Å². The van der Waals surface area contributed by atoms with Crippen LogP contribution in [0.25, 0.3) is 0 Å². The van der Waals surface area contributed by atoms with E-state index in [1.54, 1.807) is 41.5 Å². The van der Waals surface area contributed by atoms with E-state index in [4.69, 9.17) is 18.9 Å². The Morgan fingerprint density at radius 1 is 0.581 bits per heavy atom. The van der Waals surface area contributed by atoms with Gasteiger partial charge in [0, 0.05) is 31.7 Å². The van der Waals surface area contributed by atoms with Gasteiger partial charge in [-0.15, -0.1) is 0 Å². The monoisotopic (exact) mass is 613 g/mol. The molecule has 1 heterocycles. The maximum absolute atomic E-state index is 13.3. The third kappa shape index (κ3) is 16.4. The van der Waals surface area contributed by atoms with Crippen molar-refractivity contribution in [1.29, 1.82) is 0 Å². The van der Waals surface area contributed by atoms with E-state index in [-0.39, 0.29) is 38.1 Å².